The molecule has 0 aromatic heterocycles. The highest BCUT2D eigenvalue weighted by atomic mass is 16.4. The number of aryl methyl sites for hydroxylation is 2. The molecule has 1 rings (SSSR count). The monoisotopic (exact) mass is 263 g/mol. The summed E-state index contributed by atoms with van der Waals surface area (Å²) in [6.07, 6.45) is 2.32. The number of hydrogen-bond acceptors (Lipinski definition) is 2. The Kier molecular flexibility index (Phi) is 6.06. The lowest BCUT2D eigenvalue weighted by Gasteiger charge is -2.12. The molecule has 19 heavy (non-hydrogen) atoms. The van der Waals surface area contributed by atoms with Crippen LogP contribution in [0.1, 0.15) is 37.3 Å². The van der Waals surface area contributed by atoms with Gasteiger partial charge in [0.25, 0.3) is 0 Å². The van der Waals surface area contributed by atoms with Gasteiger partial charge in [-0.2, -0.15) is 0 Å². The normalized spacial score (nSPS) is 11.9. The summed E-state index contributed by atoms with van der Waals surface area (Å²) in [6, 6.07) is 7.44. The number of aliphatic carboxylic acids is 1. The number of nitrogens with one attached hydrogen (secondary N) is 1. The molecular weight excluding hydrogens is 242 g/mol. The molecule has 4 heteroatoms. The number of amides is 1. The van der Waals surface area contributed by atoms with E-state index in [0.29, 0.717) is 12.8 Å². The molecule has 0 spiro atoms. The van der Waals surface area contributed by atoms with E-state index in [9.17, 15) is 9.59 Å². The average Bonchev–Trinajstić information content (AvgIpc) is 2.38. The third-order valence-corrected chi connectivity index (χ3v) is 3.03. The quantitative estimate of drug-likeness (QED) is 0.793. The Morgan fingerprint density at radius 3 is 2.42 bits per heavy atom. The second kappa shape index (κ2) is 7.56. The predicted molar refractivity (Wildman–Crippen MR) is 74.0 cm³/mol. The molecule has 0 aliphatic carbocycles. The molecule has 0 saturated carbocycles. The van der Waals surface area contributed by atoms with E-state index in [1.54, 1.807) is 6.92 Å². The number of carbonyl (C=O) groups is 2. The van der Waals surface area contributed by atoms with Crippen molar-refractivity contribution in [3.63, 3.8) is 0 Å². The van der Waals surface area contributed by atoms with Crippen molar-refractivity contribution < 1.29 is 14.7 Å². The van der Waals surface area contributed by atoms with Crippen LogP contribution in [0.2, 0.25) is 0 Å². The van der Waals surface area contributed by atoms with Gasteiger partial charge in [0.05, 0.1) is 0 Å². The van der Waals surface area contributed by atoms with Gasteiger partial charge in [0.2, 0.25) is 5.91 Å². The maximum Gasteiger partial charge on any atom is 0.326 e. The molecule has 0 fully saturated rings. The van der Waals surface area contributed by atoms with Gasteiger partial charge in [0.15, 0.2) is 0 Å². The van der Waals surface area contributed by atoms with Gasteiger partial charge in [-0.3, -0.25) is 4.79 Å². The topological polar surface area (TPSA) is 66.4 Å². The van der Waals surface area contributed by atoms with Crippen molar-refractivity contribution >= 4 is 11.9 Å². The van der Waals surface area contributed by atoms with Crippen LogP contribution >= 0.6 is 0 Å². The predicted octanol–water partition coefficient (Wildman–Crippen LogP) is 2.30. The highest BCUT2D eigenvalue weighted by Crippen LogP contribution is 2.07. The van der Waals surface area contributed by atoms with Crippen molar-refractivity contribution in [2.45, 2.75) is 45.6 Å². The lowest BCUT2D eigenvalue weighted by Crippen LogP contribution is -2.40. The van der Waals surface area contributed by atoms with Crippen LogP contribution in [0, 0.1) is 6.92 Å². The minimum atomic E-state index is -0.977. The molecule has 0 heterocycles. The summed E-state index contributed by atoms with van der Waals surface area (Å²) in [4.78, 5) is 22.4. The van der Waals surface area contributed by atoms with Crippen molar-refractivity contribution in [3.8, 4) is 0 Å². The highest BCUT2D eigenvalue weighted by Gasteiger charge is 2.16. The van der Waals surface area contributed by atoms with Crippen molar-refractivity contribution in [1.82, 2.24) is 5.32 Å². The zero-order valence-electron chi connectivity index (χ0n) is 11.5. The van der Waals surface area contributed by atoms with Gasteiger partial charge in [0, 0.05) is 6.42 Å². The number of hydrogen-bond donors (Lipinski definition) is 2. The fourth-order valence-electron chi connectivity index (χ4n) is 1.81. The van der Waals surface area contributed by atoms with E-state index in [2.05, 4.69) is 17.4 Å². The molecule has 0 radical (unpaired) electrons. The number of carboxylic acid groups (broad SMARTS) is 1. The van der Waals surface area contributed by atoms with Crippen LogP contribution in [0.15, 0.2) is 24.3 Å². The molecule has 1 unspecified atom stereocenters. The molecule has 4 nitrogen and oxygen atoms in total. The third-order valence-electron chi connectivity index (χ3n) is 3.03. The molecule has 0 aliphatic heterocycles. The SMILES string of the molecule is CCC(NC(=O)CCCc1ccc(C)cc1)C(=O)O. The maximum absolute atomic E-state index is 11.6. The maximum atomic E-state index is 11.6. The van der Waals surface area contributed by atoms with Gasteiger partial charge in [0.1, 0.15) is 6.04 Å². The Bertz CT molecular complexity index is 426. The standard InChI is InChI=1S/C15H21NO3/c1-3-13(15(18)19)16-14(17)6-4-5-12-9-7-11(2)8-10-12/h7-10,13H,3-6H2,1-2H3,(H,16,17)(H,18,19). The fraction of sp³-hybridized carbons (Fsp3) is 0.467. The number of benzene rings is 1. The molecule has 0 aliphatic rings. The summed E-state index contributed by atoms with van der Waals surface area (Å²) in [6.45, 7) is 3.78. The first-order valence-corrected chi connectivity index (χ1v) is 6.60. The highest BCUT2D eigenvalue weighted by molar-refractivity contribution is 5.83. The van der Waals surface area contributed by atoms with Crippen molar-refractivity contribution in [1.29, 1.82) is 0 Å². The number of carboxylic acids is 1. The van der Waals surface area contributed by atoms with Gasteiger partial charge < -0.3 is 10.4 Å². The zero-order valence-corrected chi connectivity index (χ0v) is 11.5. The van der Waals surface area contributed by atoms with Gasteiger partial charge in [-0.1, -0.05) is 36.8 Å². The van der Waals surface area contributed by atoms with Crippen molar-refractivity contribution in [3.05, 3.63) is 35.4 Å². The smallest absolute Gasteiger partial charge is 0.326 e. The first kappa shape index (κ1) is 15.2. The lowest BCUT2D eigenvalue weighted by molar-refractivity contribution is -0.141. The van der Waals surface area contributed by atoms with Crippen molar-refractivity contribution in [2.75, 3.05) is 0 Å². The molecule has 104 valence electrons. The molecule has 0 saturated heterocycles. The average molecular weight is 263 g/mol. The Hall–Kier alpha value is -1.84. The number of rotatable bonds is 7. The first-order chi connectivity index (χ1) is 9.02. The molecule has 0 bridgehead atoms. The fourth-order valence-corrected chi connectivity index (χ4v) is 1.81. The lowest BCUT2D eigenvalue weighted by atomic mass is 10.1. The minimum absolute atomic E-state index is 0.193. The van der Waals surface area contributed by atoms with Crippen LogP contribution in [0.25, 0.3) is 0 Å². The van der Waals surface area contributed by atoms with E-state index in [1.807, 2.05) is 19.1 Å². The summed E-state index contributed by atoms with van der Waals surface area (Å²) in [5.41, 5.74) is 2.41. The Labute approximate surface area is 113 Å². The second-order valence-electron chi connectivity index (χ2n) is 4.71. The number of carbonyl (C=O) groups excluding carboxylic acids is 1. The molecule has 2 N–H and O–H groups in total. The van der Waals surface area contributed by atoms with E-state index in [0.717, 1.165) is 12.8 Å². The largest absolute Gasteiger partial charge is 0.480 e. The Balaban J connectivity index is 2.30. The summed E-state index contributed by atoms with van der Waals surface area (Å²) >= 11 is 0. The van der Waals surface area contributed by atoms with E-state index in [4.69, 9.17) is 5.11 Å². The first-order valence-electron chi connectivity index (χ1n) is 6.60. The van der Waals surface area contributed by atoms with E-state index < -0.39 is 12.0 Å². The van der Waals surface area contributed by atoms with E-state index in [-0.39, 0.29) is 5.91 Å². The van der Waals surface area contributed by atoms with Crippen LogP contribution in [0.3, 0.4) is 0 Å². The Morgan fingerprint density at radius 1 is 1.26 bits per heavy atom. The van der Waals surface area contributed by atoms with Crippen molar-refractivity contribution in [2.24, 2.45) is 0 Å². The molecule has 1 aromatic rings. The van der Waals surface area contributed by atoms with E-state index >= 15 is 0 Å². The summed E-state index contributed by atoms with van der Waals surface area (Å²) in [7, 11) is 0. The van der Waals surface area contributed by atoms with Crippen LogP contribution in [-0.2, 0) is 16.0 Å². The van der Waals surface area contributed by atoms with E-state index in [1.165, 1.54) is 11.1 Å². The van der Waals surface area contributed by atoms with Gasteiger partial charge >= 0.3 is 5.97 Å². The van der Waals surface area contributed by atoms with Crippen LogP contribution in [0.4, 0.5) is 0 Å². The summed E-state index contributed by atoms with van der Waals surface area (Å²) < 4.78 is 0. The minimum Gasteiger partial charge on any atom is -0.480 e. The zero-order chi connectivity index (χ0) is 14.3. The molecule has 1 amide bonds. The summed E-state index contributed by atoms with van der Waals surface area (Å²) in [5.74, 6) is -1.17. The van der Waals surface area contributed by atoms with Gasteiger partial charge in [-0.25, -0.2) is 4.79 Å². The van der Waals surface area contributed by atoms with Crippen LogP contribution < -0.4 is 5.32 Å². The van der Waals surface area contributed by atoms with Crippen LogP contribution in [-0.4, -0.2) is 23.0 Å². The summed E-state index contributed by atoms with van der Waals surface area (Å²) in [5, 5.41) is 11.4. The molecule has 1 atom stereocenters. The third kappa shape index (κ3) is 5.55. The van der Waals surface area contributed by atoms with Gasteiger partial charge in [-0.15, -0.1) is 0 Å². The Morgan fingerprint density at radius 2 is 1.89 bits per heavy atom. The van der Waals surface area contributed by atoms with Crippen LogP contribution in [0.5, 0.6) is 0 Å². The molecule has 1 aromatic carbocycles. The molecular formula is C15H21NO3. The van der Waals surface area contributed by atoms with Gasteiger partial charge in [-0.05, 0) is 31.7 Å². The second-order valence-corrected chi connectivity index (χ2v) is 4.71.